The van der Waals surface area contributed by atoms with Crippen LogP contribution < -0.4 is 5.32 Å². The van der Waals surface area contributed by atoms with Gasteiger partial charge in [-0.05, 0) is 39.2 Å². The second-order valence-electron chi connectivity index (χ2n) is 6.01. The molecule has 0 aromatic carbocycles. The third-order valence-corrected chi connectivity index (χ3v) is 3.69. The lowest BCUT2D eigenvalue weighted by Crippen LogP contribution is -2.42. The maximum atomic E-state index is 11.7. The first-order valence-corrected chi connectivity index (χ1v) is 9.46. The molecule has 0 saturated carbocycles. The summed E-state index contributed by atoms with van der Waals surface area (Å²) in [4.78, 5) is 24.5. The number of amides is 1. The highest BCUT2D eigenvalue weighted by Crippen LogP contribution is 2.22. The number of ketones is 1. The predicted octanol–water partition coefficient (Wildman–Crippen LogP) is 4.04. The maximum Gasteiger partial charge on any atom is 0.236 e. The van der Waals surface area contributed by atoms with Crippen molar-refractivity contribution >= 4 is 11.7 Å². The first kappa shape index (κ1) is 24.4. The van der Waals surface area contributed by atoms with Crippen LogP contribution in [0.15, 0.2) is 0 Å². The average molecular weight is 329 g/mol. The van der Waals surface area contributed by atoms with Crippen molar-refractivity contribution in [1.29, 1.82) is 0 Å². The summed E-state index contributed by atoms with van der Waals surface area (Å²) < 4.78 is 0. The molecule has 0 spiro atoms. The van der Waals surface area contributed by atoms with Crippen molar-refractivity contribution in [1.82, 2.24) is 10.2 Å². The fourth-order valence-corrected chi connectivity index (χ4v) is 2.54. The summed E-state index contributed by atoms with van der Waals surface area (Å²) in [6.45, 7) is 12.2. The largest absolute Gasteiger partial charge is 0.342 e. The molecular weight excluding hydrogens is 288 g/mol. The number of likely N-dealkylation sites (N-methyl/N-ethyl adjacent to an activating group) is 1. The lowest BCUT2D eigenvalue weighted by molar-refractivity contribution is -0.131. The third-order valence-electron chi connectivity index (χ3n) is 3.69. The second kappa shape index (κ2) is 17.5. The van der Waals surface area contributed by atoms with Gasteiger partial charge in [-0.1, -0.05) is 47.0 Å². The van der Waals surface area contributed by atoms with Gasteiger partial charge in [0.15, 0.2) is 0 Å². The summed E-state index contributed by atoms with van der Waals surface area (Å²) in [7, 11) is 1.81. The lowest BCUT2D eigenvalue weighted by Gasteiger charge is -2.32. The molecule has 4 heteroatoms. The van der Waals surface area contributed by atoms with Crippen molar-refractivity contribution in [3.05, 3.63) is 0 Å². The molecule has 4 nitrogen and oxygen atoms in total. The van der Waals surface area contributed by atoms with Crippen LogP contribution in [0.4, 0.5) is 0 Å². The number of carbonyl (C=O) groups is 2. The van der Waals surface area contributed by atoms with Gasteiger partial charge in [0.05, 0.1) is 6.54 Å². The van der Waals surface area contributed by atoms with E-state index in [1.807, 2.05) is 18.7 Å². The molecular formula is C19H40N2O2. The Labute approximate surface area is 144 Å². The highest BCUT2D eigenvalue weighted by atomic mass is 16.2. The zero-order valence-electron chi connectivity index (χ0n) is 16.4. The molecule has 1 N–H and O–H groups in total. The molecule has 0 unspecified atom stereocenters. The molecule has 0 aromatic heterocycles. The molecule has 1 heterocycles. The number of rotatable bonds is 7. The van der Waals surface area contributed by atoms with Crippen molar-refractivity contribution < 1.29 is 9.59 Å². The summed E-state index contributed by atoms with van der Waals surface area (Å²) in [5.41, 5.74) is 0. The molecule has 1 fully saturated rings. The van der Waals surface area contributed by atoms with Gasteiger partial charge in [0, 0.05) is 19.5 Å². The Morgan fingerprint density at radius 1 is 1.09 bits per heavy atom. The van der Waals surface area contributed by atoms with Crippen LogP contribution in [0, 0.1) is 5.92 Å². The zero-order chi connectivity index (χ0) is 18.1. The highest BCUT2D eigenvalue weighted by Gasteiger charge is 2.21. The van der Waals surface area contributed by atoms with Gasteiger partial charge in [-0.15, -0.1) is 0 Å². The Balaban J connectivity index is 0. The Morgan fingerprint density at radius 2 is 1.61 bits per heavy atom. The van der Waals surface area contributed by atoms with E-state index in [2.05, 4.69) is 19.2 Å². The maximum absolute atomic E-state index is 11.7. The fraction of sp³-hybridized carbons (Fsp3) is 0.895. The number of hydrogen-bond donors (Lipinski definition) is 1. The summed E-state index contributed by atoms with van der Waals surface area (Å²) in [5.74, 6) is 1.26. The van der Waals surface area contributed by atoms with E-state index >= 15 is 0 Å². The minimum absolute atomic E-state index is 0.215. The van der Waals surface area contributed by atoms with Crippen LogP contribution in [-0.4, -0.2) is 43.3 Å². The Bertz CT molecular complexity index is 285. The van der Waals surface area contributed by atoms with Crippen molar-refractivity contribution in [3.63, 3.8) is 0 Å². The molecule has 0 radical (unpaired) electrons. The molecule has 0 bridgehead atoms. The van der Waals surface area contributed by atoms with E-state index in [0.29, 0.717) is 12.3 Å². The molecule has 23 heavy (non-hydrogen) atoms. The summed E-state index contributed by atoms with van der Waals surface area (Å²) >= 11 is 0. The molecule has 1 saturated heterocycles. The number of Topliss-reactive ketones (excluding diaryl/α,β-unsaturated/α-hetero) is 1. The lowest BCUT2D eigenvalue weighted by atomic mass is 9.91. The van der Waals surface area contributed by atoms with Gasteiger partial charge in [-0.25, -0.2) is 0 Å². The first-order valence-electron chi connectivity index (χ1n) is 9.46. The molecule has 0 aromatic rings. The average Bonchev–Trinajstić information content (AvgIpc) is 2.55. The van der Waals surface area contributed by atoms with Gasteiger partial charge in [-0.3, -0.25) is 4.79 Å². The highest BCUT2D eigenvalue weighted by molar-refractivity contribution is 5.78. The summed E-state index contributed by atoms with van der Waals surface area (Å²) in [6.07, 6.45) is 7.59. The Kier molecular flexibility index (Phi) is 18.5. The number of carbonyl (C=O) groups excluding carboxylic acids is 2. The minimum Gasteiger partial charge on any atom is -0.342 e. The van der Waals surface area contributed by atoms with Gasteiger partial charge >= 0.3 is 0 Å². The van der Waals surface area contributed by atoms with E-state index in [4.69, 9.17) is 0 Å². The van der Waals surface area contributed by atoms with Crippen LogP contribution in [0.2, 0.25) is 0 Å². The van der Waals surface area contributed by atoms with Gasteiger partial charge in [0.25, 0.3) is 0 Å². The van der Waals surface area contributed by atoms with Gasteiger partial charge in [-0.2, -0.15) is 0 Å². The van der Waals surface area contributed by atoms with E-state index in [0.717, 1.165) is 51.1 Å². The zero-order valence-corrected chi connectivity index (χ0v) is 16.4. The van der Waals surface area contributed by atoms with E-state index in [-0.39, 0.29) is 5.91 Å². The monoisotopic (exact) mass is 328 g/mol. The van der Waals surface area contributed by atoms with Crippen molar-refractivity contribution in [3.8, 4) is 0 Å². The summed E-state index contributed by atoms with van der Waals surface area (Å²) in [5, 5.41) is 2.91. The molecule has 1 aliphatic rings. The van der Waals surface area contributed by atoms with Crippen LogP contribution in [0.1, 0.15) is 79.6 Å². The minimum atomic E-state index is 0.215. The normalized spacial score (nSPS) is 14.3. The second-order valence-corrected chi connectivity index (χ2v) is 6.01. The number of hydrogen-bond acceptors (Lipinski definition) is 3. The first-order chi connectivity index (χ1) is 11.0. The third kappa shape index (κ3) is 14.4. The van der Waals surface area contributed by atoms with Gasteiger partial charge < -0.3 is 15.0 Å². The molecule has 0 atom stereocenters. The number of piperidine rings is 1. The number of nitrogens with zero attached hydrogens (tertiary/aromatic N) is 1. The van der Waals surface area contributed by atoms with Crippen LogP contribution in [-0.2, 0) is 9.59 Å². The molecule has 1 rings (SSSR count). The van der Waals surface area contributed by atoms with Crippen LogP contribution in [0.5, 0.6) is 0 Å². The number of nitrogens with one attached hydrogen (secondary N) is 1. The topological polar surface area (TPSA) is 49.4 Å². The van der Waals surface area contributed by atoms with Crippen molar-refractivity contribution in [2.75, 3.05) is 26.7 Å². The molecule has 138 valence electrons. The number of likely N-dealkylation sites (tertiary alicyclic amines) is 1. The molecule has 0 aliphatic carbocycles. The van der Waals surface area contributed by atoms with E-state index in [1.54, 1.807) is 14.0 Å². The van der Waals surface area contributed by atoms with Gasteiger partial charge in [0.1, 0.15) is 5.78 Å². The Hall–Kier alpha value is -0.900. The quantitative estimate of drug-likeness (QED) is 0.718. The standard InChI is InChI=1S/C14H26N2O2.C3H8.C2H6/c1-12(17)5-3-4-6-13-7-9-16(10-8-13)14(18)11-15-2;1-3-2;1-2/h13,15H,3-11H2,1-2H3;3H2,1-2H3;1-2H3. The SMILES string of the molecule is CC.CCC.CNCC(=O)N1CCC(CCCCC(C)=O)CC1. The smallest absolute Gasteiger partial charge is 0.236 e. The molecule has 1 aliphatic heterocycles. The number of unbranched alkanes of at least 4 members (excludes halogenated alkanes) is 1. The van der Waals surface area contributed by atoms with Crippen molar-refractivity contribution in [2.24, 2.45) is 5.92 Å². The van der Waals surface area contributed by atoms with Gasteiger partial charge in [0.2, 0.25) is 5.91 Å². The fourth-order valence-electron chi connectivity index (χ4n) is 2.54. The van der Waals surface area contributed by atoms with Crippen LogP contribution in [0.3, 0.4) is 0 Å². The Morgan fingerprint density at radius 3 is 2.04 bits per heavy atom. The molecule has 1 amide bonds. The van der Waals surface area contributed by atoms with Crippen LogP contribution >= 0.6 is 0 Å². The predicted molar refractivity (Wildman–Crippen MR) is 99.7 cm³/mol. The van der Waals surface area contributed by atoms with E-state index < -0.39 is 0 Å². The van der Waals surface area contributed by atoms with E-state index in [9.17, 15) is 9.59 Å². The summed E-state index contributed by atoms with van der Waals surface area (Å²) in [6, 6.07) is 0. The van der Waals surface area contributed by atoms with Crippen molar-refractivity contribution in [2.45, 2.75) is 79.6 Å². The van der Waals surface area contributed by atoms with Crippen LogP contribution in [0.25, 0.3) is 0 Å². The van der Waals surface area contributed by atoms with E-state index in [1.165, 1.54) is 12.8 Å².